The van der Waals surface area contributed by atoms with E-state index < -0.39 is 0 Å². The Hall–Kier alpha value is -3.80. The number of nitrogens with one attached hydrogen (secondary N) is 1. The van der Waals surface area contributed by atoms with Crippen molar-refractivity contribution in [2.45, 2.75) is 6.92 Å². The second-order valence-corrected chi connectivity index (χ2v) is 6.38. The highest BCUT2D eigenvalue weighted by Crippen LogP contribution is 2.23. The summed E-state index contributed by atoms with van der Waals surface area (Å²) in [6, 6.07) is 22.0. The van der Waals surface area contributed by atoms with Gasteiger partial charge >= 0.3 is 0 Å². The van der Waals surface area contributed by atoms with E-state index >= 15 is 0 Å². The second-order valence-electron chi connectivity index (χ2n) is 6.38. The van der Waals surface area contributed by atoms with Gasteiger partial charge in [-0.05, 0) is 42.5 Å². The van der Waals surface area contributed by atoms with Crippen LogP contribution in [-0.4, -0.2) is 24.1 Å². The van der Waals surface area contributed by atoms with Crippen molar-refractivity contribution < 1.29 is 18.7 Å². The van der Waals surface area contributed by atoms with E-state index in [0.29, 0.717) is 47.2 Å². The minimum absolute atomic E-state index is 0.260. The predicted octanol–water partition coefficient (Wildman–Crippen LogP) is 4.85. The molecule has 0 saturated carbocycles. The molecule has 0 bridgehead atoms. The molecular formula is C23H20N2O4. The smallest absolute Gasteiger partial charge is 0.259 e. The maximum absolute atomic E-state index is 12.8. The van der Waals surface area contributed by atoms with Gasteiger partial charge in [-0.2, -0.15) is 0 Å². The first-order valence-electron chi connectivity index (χ1n) is 9.27. The van der Waals surface area contributed by atoms with Gasteiger partial charge in [-0.1, -0.05) is 30.3 Å². The third kappa shape index (κ3) is 4.55. The number of nitrogens with zero attached hydrogens (tertiary/aromatic N) is 1. The summed E-state index contributed by atoms with van der Waals surface area (Å²) in [4.78, 5) is 17.1. The van der Waals surface area contributed by atoms with Gasteiger partial charge in [0.1, 0.15) is 30.2 Å². The van der Waals surface area contributed by atoms with E-state index in [1.165, 1.54) is 0 Å². The molecule has 6 heteroatoms. The number of fused-ring (bicyclic) bond motifs is 1. The van der Waals surface area contributed by atoms with E-state index in [0.717, 1.165) is 5.75 Å². The molecule has 0 spiro atoms. The molecule has 0 aliphatic rings. The van der Waals surface area contributed by atoms with E-state index in [9.17, 15) is 4.79 Å². The lowest BCUT2D eigenvalue weighted by Gasteiger charge is -2.12. The number of carbonyl (C=O) groups excluding carboxylic acids is 1. The van der Waals surface area contributed by atoms with Crippen molar-refractivity contribution in [3.63, 3.8) is 0 Å². The molecule has 1 aromatic heterocycles. The Kier molecular flexibility index (Phi) is 5.42. The summed E-state index contributed by atoms with van der Waals surface area (Å²) in [6.07, 6.45) is 0. The monoisotopic (exact) mass is 388 g/mol. The van der Waals surface area contributed by atoms with Gasteiger partial charge in [0.25, 0.3) is 5.91 Å². The standard InChI is InChI=1S/C23H20N2O4/c1-16-24-20-15-17(11-12-22(20)29-16)25-23(26)19-9-5-6-10-21(19)28-14-13-27-18-7-3-2-4-8-18/h2-12,15H,13-14H2,1H3,(H,25,26). The van der Waals surface area contributed by atoms with Crippen LogP contribution in [-0.2, 0) is 0 Å². The summed E-state index contributed by atoms with van der Waals surface area (Å²) in [5.41, 5.74) is 2.46. The molecule has 0 aliphatic heterocycles. The van der Waals surface area contributed by atoms with Gasteiger partial charge in [-0.25, -0.2) is 4.98 Å². The zero-order chi connectivity index (χ0) is 20.1. The van der Waals surface area contributed by atoms with Crippen LogP contribution in [0.15, 0.2) is 77.2 Å². The van der Waals surface area contributed by atoms with Gasteiger partial charge in [-0.3, -0.25) is 4.79 Å². The summed E-state index contributed by atoms with van der Waals surface area (Å²) in [6.45, 7) is 2.48. The summed E-state index contributed by atoms with van der Waals surface area (Å²) in [5, 5.41) is 2.88. The Balaban J connectivity index is 1.40. The minimum Gasteiger partial charge on any atom is -0.490 e. The molecule has 0 aliphatic carbocycles. The quantitative estimate of drug-likeness (QED) is 0.458. The number of hydrogen-bond donors (Lipinski definition) is 1. The fraction of sp³-hybridized carbons (Fsp3) is 0.130. The molecule has 1 amide bonds. The molecule has 4 aromatic rings. The highest BCUT2D eigenvalue weighted by Gasteiger charge is 2.13. The van der Waals surface area contributed by atoms with Crippen LogP contribution in [0.1, 0.15) is 16.2 Å². The molecule has 0 atom stereocenters. The van der Waals surface area contributed by atoms with Crippen LogP contribution in [0.5, 0.6) is 11.5 Å². The number of hydrogen-bond acceptors (Lipinski definition) is 5. The van der Waals surface area contributed by atoms with Crippen LogP contribution in [0, 0.1) is 6.92 Å². The Morgan fingerprint density at radius 3 is 2.59 bits per heavy atom. The molecular weight excluding hydrogens is 368 g/mol. The lowest BCUT2D eigenvalue weighted by Crippen LogP contribution is -2.15. The van der Waals surface area contributed by atoms with Crippen molar-refractivity contribution in [2.24, 2.45) is 0 Å². The molecule has 3 aromatic carbocycles. The van der Waals surface area contributed by atoms with Crippen LogP contribution < -0.4 is 14.8 Å². The number of para-hydroxylation sites is 2. The largest absolute Gasteiger partial charge is 0.490 e. The highest BCUT2D eigenvalue weighted by atomic mass is 16.5. The number of carbonyl (C=O) groups is 1. The third-order valence-corrected chi connectivity index (χ3v) is 4.24. The maximum atomic E-state index is 12.8. The van der Waals surface area contributed by atoms with E-state index in [-0.39, 0.29) is 5.91 Å². The van der Waals surface area contributed by atoms with Crippen molar-refractivity contribution in [1.29, 1.82) is 0 Å². The van der Waals surface area contributed by atoms with E-state index in [4.69, 9.17) is 13.9 Å². The Morgan fingerprint density at radius 2 is 1.72 bits per heavy atom. The average Bonchev–Trinajstić information content (AvgIpc) is 3.11. The second kappa shape index (κ2) is 8.48. The molecule has 0 radical (unpaired) electrons. The van der Waals surface area contributed by atoms with Crippen molar-refractivity contribution in [2.75, 3.05) is 18.5 Å². The Morgan fingerprint density at radius 1 is 0.966 bits per heavy atom. The maximum Gasteiger partial charge on any atom is 0.259 e. The predicted molar refractivity (Wildman–Crippen MR) is 111 cm³/mol. The molecule has 6 nitrogen and oxygen atoms in total. The van der Waals surface area contributed by atoms with Gasteiger partial charge in [0.05, 0.1) is 5.56 Å². The van der Waals surface area contributed by atoms with Crippen molar-refractivity contribution in [3.8, 4) is 11.5 Å². The number of amides is 1. The Labute approximate surface area is 168 Å². The number of rotatable bonds is 7. The summed E-state index contributed by atoms with van der Waals surface area (Å²) in [7, 11) is 0. The molecule has 0 unspecified atom stereocenters. The first-order valence-corrected chi connectivity index (χ1v) is 9.27. The van der Waals surface area contributed by atoms with Crippen LogP contribution in [0.25, 0.3) is 11.1 Å². The van der Waals surface area contributed by atoms with Crippen LogP contribution in [0.2, 0.25) is 0 Å². The van der Waals surface area contributed by atoms with Gasteiger partial charge in [0.2, 0.25) is 0 Å². The van der Waals surface area contributed by atoms with Crippen LogP contribution in [0.3, 0.4) is 0 Å². The topological polar surface area (TPSA) is 73.6 Å². The zero-order valence-electron chi connectivity index (χ0n) is 15.9. The number of oxazole rings is 1. The van der Waals surface area contributed by atoms with Crippen molar-refractivity contribution >= 4 is 22.7 Å². The average molecular weight is 388 g/mol. The first-order chi connectivity index (χ1) is 14.2. The van der Waals surface area contributed by atoms with Crippen LogP contribution in [0.4, 0.5) is 5.69 Å². The molecule has 0 saturated heterocycles. The number of benzene rings is 3. The van der Waals surface area contributed by atoms with Crippen LogP contribution >= 0.6 is 0 Å². The minimum atomic E-state index is -0.260. The fourth-order valence-corrected chi connectivity index (χ4v) is 2.93. The first kappa shape index (κ1) is 18.6. The Bertz CT molecular complexity index is 1120. The molecule has 0 fully saturated rings. The van der Waals surface area contributed by atoms with Gasteiger partial charge in [-0.15, -0.1) is 0 Å². The zero-order valence-corrected chi connectivity index (χ0v) is 15.9. The lowest BCUT2D eigenvalue weighted by atomic mass is 10.2. The number of anilines is 1. The molecule has 1 N–H and O–H groups in total. The number of ether oxygens (including phenoxy) is 2. The lowest BCUT2D eigenvalue weighted by molar-refractivity contribution is 0.102. The molecule has 4 rings (SSSR count). The normalized spacial score (nSPS) is 10.7. The molecule has 146 valence electrons. The third-order valence-electron chi connectivity index (χ3n) is 4.24. The highest BCUT2D eigenvalue weighted by molar-refractivity contribution is 6.06. The molecule has 29 heavy (non-hydrogen) atoms. The van der Waals surface area contributed by atoms with Gasteiger partial charge in [0.15, 0.2) is 11.5 Å². The fourth-order valence-electron chi connectivity index (χ4n) is 2.93. The summed E-state index contributed by atoms with van der Waals surface area (Å²) >= 11 is 0. The van der Waals surface area contributed by atoms with Crippen molar-refractivity contribution in [1.82, 2.24) is 4.98 Å². The number of aromatic nitrogens is 1. The van der Waals surface area contributed by atoms with Crippen molar-refractivity contribution in [3.05, 3.63) is 84.3 Å². The molecule has 1 heterocycles. The SMILES string of the molecule is Cc1nc2cc(NC(=O)c3ccccc3OCCOc3ccccc3)ccc2o1. The van der Waals surface area contributed by atoms with E-state index in [2.05, 4.69) is 10.3 Å². The van der Waals surface area contributed by atoms with E-state index in [1.54, 1.807) is 43.3 Å². The summed E-state index contributed by atoms with van der Waals surface area (Å²) < 4.78 is 16.9. The summed E-state index contributed by atoms with van der Waals surface area (Å²) in [5.74, 6) is 1.60. The van der Waals surface area contributed by atoms with Gasteiger partial charge in [0, 0.05) is 12.6 Å². The van der Waals surface area contributed by atoms with E-state index in [1.807, 2.05) is 36.4 Å². The number of aryl methyl sites for hydroxylation is 1. The van der Waals surface area contributed by atoms with Gasteiger partial charge < -0.3 is 19.2 Å².